The van der Waals surface area contributed by atoms with E-state index in [-0.39, 0.29) is 0 Å². The maximum absolute atomic E-state index is 3.46. The van der Waals surface area contributed by atoms with E-state index in [0.717, 1.165) is 13.1 Å². The fourth-order valence-electron chi connectivity index (χ4n) is 2.05. The van der Waals surface area contributed by atoms with Gasteiger partial charge in [-0.25, -0.2) is 0 Å². The molecule has 0 bridgehead atoms. The fourth-order valence-corrected chi connectivity index (χ4v) is 2.05. The van der Waals surface area contributed by atoms with Gasteiger partial charge in [0.1, 0.15) is 0 Å². The first-order valence-electron chi connectivity index (χ1n) is 5.81. The lowest BCUT2D eigenvalue weighted by Crippen LogP contribution is -2.21. The molecule has 0 radical (unpaired) electrons. The van der Waals surface area contributed by atoms with Gasteiger partial charge in [0.25, 0.3) is 0 Å². The van der Waals surface area contributed by atoms with Crippen LogP contribution in [-0.4, -0.2) is 13.1 Å². The van der Waals surface area contributed by atoms with Gasteiger partial charge in [0.15, 0.2) is 0 Å². The first-order chi connectivity index (χ1) is 6.95. The van der Waals surface area contributed by atoms with Crippen LogP contribution in [0, 0.1) is 0 Å². The zero-order valence-electron chi connectivity index (χ0n) is 8.81. The van der Waals surface area contributed by atoms with Crippen LogP contribution in [0.5, 0.6) is 0 Å². The van der Waals surface area contributed by atoms with E-state index in [9.17, 15) is 0 Å². The van der Waals surface area contributed by atoms with Gasteiger partial charge >= 0.3 is 0 Å². The highest BCUT2D eigenvalue weighted by Gasteiger charge is 2.05. The standard InChI is InChI=1S/C12H20N2/c1-3-9-13-11(5-1)7-8-12-6-2-4-10-14-12/h5-6,13-14H,1-4,7-10H2. The molecule has 0 spiro atoms. The van der Waals surface area contributed by atoms with Gasteiger partial charge in [-0.1, -0.05) is 12.2 Å². The van der Waals surface area contributed by atoms with E-state index < -0.39 is 0 Å². The third-order valence-corrected chi connectivity index (χ3v) is 2.91. The molecule has 2 aliphatic rings. The Morgan fingerprint density at radius 1 is 0.857 bits per heavy atom. The highest BCUT2D eigenvalue weighted by Crippen LogP contribution is 2.14. The summed E-state index contributed by atoms with van der Waals surface area (Å²) in [6.07, 6.45) is 12.2. The molecule has 0 amide bonds. The van der Waals surface area contributed by atoms with Crippen molar-refractivity contribution in [3.8, 4) is 0 Å². The van der Waals surface area contributed by atoms with Crippen molar-refractivity contribution in [3.05, 3.63) is 23.5 Å². The van der Waals surface area contributed by atoms with Crippen LogP contribution in [-0.2, 0) is 0 Å². The van der Waals surface area contributed by atoms with Crippen LogP contribution in [0.4, 0.5) is 0 Å². The molecule has 2 heterocycles. The molecule has 2 N–H and O–H groups in total. The normalized spacial score (nSPS) is 21.7. The second-order valence-corrected chi connectivity index (χ2v) is 4.10. The zero-order chi connectivity index (χ0) is 9.64. The Hall–Kier alpha value is -0.920. The average molecular weight is 192 g/mol. The average Bonchev–Trinajstić information content (AvgIpc) is 2.29. The van der Waals surface area contributed by atoms with E-state index in [1.807, 2.05) is 0 Å². The van der Waals surface area contributed by atoms with Crippen molar-refractivity contribution < 1.29 is 0 Å². The molecule has 0 fully saturated rings. The van der Waals surface area contributed by atoms with Gasteiger partial charge in [-0.05, 0) is 38.5 Å². The van der Waals surface area contributed by atoms with Crippen LogP contribution < -0.4 is 10.6 Å². The molecule has 2 heteroatoms. The Labute approximate surface area is 86.5 Å². The Morgan fingerprint density at radius 2 is 1.36 bits per heavy atom. The molecule has 0 saturated carbocycles. The number of rotatable bonds is 3. The summed E-state index contributed by atoms with van der Waals surface area (Å²) in [5.74, 6) is 0. The zero-order valence-corrected chi connectivity index (χ0v) is 8.81. The van der Waals surface area contributed by atoms with E-state index in [1.54, 1.807) is 0 Å². The lowest BCUT2D eigenvalue weighted by Gasteiger charge is -2.19. The molecule has 0 aromatic rings. The van der Waals surface area contributed by atoms with Crippen molar-refractivity contribution in [2.45, 2.75) is 38.5 Å². The van der Waals surface area contributed by atoms with Crippen LogP contribution in [0.15, 0.2) is 23.5 Å². The second kappa shape index (κ2) is 5.08. The Bertz CT molecular complexity index is 215. The molecule has 0 unspecified atom stereocenters. The molecular weight excluding hydrogens is 172 g/mol. The molecule has 14 heavy (non-hydrogen) atoms. The molecular formula is C12H20N2. The van der Waals surface area contributed by atoms with Gasteiger partial charge in [-0.3, -0.25) is 0 Å². The lowest BCUT2D eigenvalue weighted by molar-refractivity contribution is 0.621. The summed E-state index contributed by atoms with van der Waals surface area (Å²) in [6, 6.07) is 0. The van der Waals surface area contributed by atoms with Crippen LogP contribution in [0.2, 0.25) is 0 Å². The minimum Gasteiger partial charge on any atom is -0.389 e. The maximum atomic E-state index is 3.46. The molecule has 2 aliphatic heterocycles. The number of allylic oxidation sites excluding steroid dienone is 4. The van der Waals surface area contributed by atoms with Gasteiger partial charge < -0.3 is 10.6 Å². The van der Waals surface area contributed by atoms with Gasteiger partial charge in [0, 0.05) is 24.5 Å². The van der Waals surface area contributed by atoms with Crippen molar-refractivity contribution in [2.24, 2.45) is 0 Å². The minimum atomic E-state index is 1.16. The summed E-state index contributed by atoms with van der Waals surface area (Å²) in [7, 11) is 0. The number of nitrogens with one attached hydrogen (secondary N) is 2. The summed E-state index contributed by atoms with van der Waals surface area (Å²) in [5, 5.41) is 6.93. The second-order valence-electron chi connectivity index (χ2n) is 4.10. The Kier molecular flexibility index (Phi) is 3.50. The first-order valence-corrected chi connectivity index (χ1v) is 5.81. The van der Waals surface area contributed by atoms with Crippen molar-refractivity contribution in [1.29, 1.82) is 0 Å². The topological polar surface area (TPSA) is 24.1 Å². The lowest BCUT2D eigenvalue weighted by atomic mass is 10.1. The molecule has 0 aromatic heterocycles. The van der Waals surface area contributed by atoms with E-state index >= 15 is 0 Å². The van der Waals surface area contributed by atoms with E-state index in [2.05, 4.69) is 22.8 Å². The molecule has 2 nitrogen and oxygen atoms in total. The number of hydrogen-bond donors (Lipinski definition) is 2. The van der Waals surface area contributed by atoms with Crippen LogP contribution in [0.25, 0.3) is 0 Å². The van der Waals surface area contributed by atoms with Crippen molar-refractivity contribution in [1.82, 2.24) is 10.6 Å². The van der Waals surface area contributed by atoms with Crippen molar-refractivity contribution >= 4 is 0 Å². The van der Waals surface area contributed by atoms with Crippen molar-refractivity contribution in [3.63, 3.8) is 0 Å². The number of hydrogen-bond acceptors (Lipinski definition) is 2. The Morgan fingerprint density at radius 3 is 1.71 bits per heavy atom. The van der Waals surface area contributed by atoms with Gasteiger partial charge in [0.2, 0.25) is 0 Å². The SMILES string of the molecule is C1=C(CCC2=CCCCN2)NCCC1. The summed E-state index contributed by atoms with van der Waals surface area (Å²) in [6.45, 7) is 2.33. The quantitative estimate of drug-likeness (QED) is 0.717. The molecule has 0 aromatic carbocycles. The third-order valence-electron chi connectivity index (χ3n) is 2.91. The van der Waals surface area contributed by atoms with Crippen LogP contribution >= 0.6 is 0 Å². The molecule has 0 atom stereocenters. The fraction of sp³-hybridized carbons (Fsp3) is 0.667. The predicted molar refractivity (Wildman–Crippen MR) is 59.9 cm³/mol. The predicted octanol–water partition coefficient (Wildman–Crippen LogP) is 2.30. The maximum Gasteiger partial charge on any atom is 0.0146 e. The van der Waals surface area contributed by atoms with Crippen LogP contribution in [0.3, 0.4) is 0 Å². The minimum absolute atomic E-state index is 1.16. The Balaban J connectivity index is 1.75. The summed E-state index contributed by atoms with van der Waals surface area (Å²) in [4.78, 5) is 0. The smallest absolute Gasteiger partial charge is 0.0146 e. The van der Waals surface area contributed by atoms with E-state index in [0.29, 0.717) is 0 Å². The summed E-state index contributed by atoms with van der Waals surface area (Å²) >= 11 is 0. The molecule has 0 aliphatic carbocycles. The highest BCUT2D eigenvalue weighted by atomic mass is 14.9. The monoisotopic (exact) mass is 192 g/mol. The van der Waals surface area contributed by atoms with Gasteiger partial charge in [-0.15, -0.1) is 0 Å². The van der Waals surface area contributed by atoms with Gasteiger partial charge in [-0.2, -0.15) is 0 Å². The highest BCUT2D eigenvalue weighted by molar-refractivity contribution is 5.09. The van der Waals surface area contributed by atoms with E-state index in [1.165, 1.54) is 49.9 Å². The van der Waals surface area contributed by atoms with Crippen molar-refractivity contribution in [2.75, 3.05) is 13.1 Å². The van der Waals surface area contributed by atoms with Crippen LogP contribution in [0.1, 0.15) is 38.5 Å². The first kappa shape index (κ1) is 9.63. The molecule has 0 saturated heterocycles. The molecule has 78 valence electrons. The van der Waals surface area contributed by atoms with E-state index in [4.69, 9.17) is 0 Å². The third kappa shape index (κ3) is 2.79. The molecule has 2 rings (SSSR count). The van der Waals surface area contributed by atoms with Gasteiger partial charge in [0.05, 0.1) is 0 Å². The largest absolute Gasteiger partial charge is 0.389 e. The summed E-state index contributed by atoms with van der Waals surface area (Å²) in [5.41, 5.74) is 2.90. The summed E-state index contributed by atoms with van der Waals surface area (Å²) < 4.78 is 0.